The van der Waals surface area contributed by atoms with Crippen LogP contribution in [0.25, 0.3) is 0 Å². The largest absolute Gasteiger partial charge is 0.487 e. The molecule has 0 saturated heterocycles. The number of unbranched alkanes of at least 4 members (excludes halogenated alkanes) is 1. The highest BCUT2D eigenvalue weighted by molar-refractivity contribution is 5.48. The SMILES string of the molecule is CCCCOc1ccc(CCN)cc1[N+](=O)[O-]. The zero-order valence-electron chi connectivity index (χ0n) is 10.0. The lowest BCUT2D eigenvalue weighted by Crippen LogP contribution is -2.04. The number of rotatable bonds is 7. The standard InChI is InChI=1S/C12H18N2O3/c1-2-3-8-17-12-5-4-10(6-7-13)9-11(12)14(15)16/h4-5,9H,2-3,6-8,13H2,1H3. The molecule has 0 fully saturated rings. The third-order valence-electron chi connectivity index (χ3n) is 2.41. The zero-order valence-corrected chi connectivity index (χ0v) is 10.0. The fraction of sp³-hybridized carbons (Fsp3) is 0.500. The summed E-state index contributed by atoms with van der Waals surface area (Å²) < 4.78 is 5.40. The molecule has 5 nitrogen and oxygen atoms in total. The molecule has 94 valence electrons. The van der Waals surface area contributed by atoms with Gasteiger partial charge in [0.05, 0.1) is 11.5 Å². The second kappa shape index (κ2) is 6.85. The monoisotopic (exact) mass is 238 g/mol. The van der Waals surface area contributed by atoms with Crippen LogP contribution in [-0.4, -0.2) is 18.1 Å². The first-order valence-electron chi connectivity index (χ1n) is 5.79. The molecule has 0 bridgehead atoms. The van der Waals surface area contributed by atoms with Crippen molar-refractivity contribution >= 4 is 5.69 Å². The molecule has 1 aromatic carbocycles. The summed E-state index contributed by atoms with van der Waals surface area (Å²) in [6.07, 6.45) is 2.52. The maximum atomic E-state index is 10.9. The van der Waals surface area contributed by atoms with Crippen LogP contribution >= 0.6 is 0 Å². The fourth-order valence-electron chi connectivity index (χ4n) is 1.48. The molecule has 0 saturated carbocycles. The number of nitrogens with zero attached hydrogens (tertiary/aromatic N) is 1. The molecule has 0 spiro atoms. The van der Waals surface area contributed by atoms with Crippen molar-refractivity contribution in [1.29, 1.82) is 0 Å². The van der Waals surface area contributed by atoms with E-state index in [0.29, 0.717) is 25.3 Å². The van der Waals surface area contributed by atoms with Gasteiger partial charge in [0.25, 0.3) is 0 Å². The third kappa shape index (κ3) is 4.03. The van der Waals surface area contributed by atoms with Crippen LogP contribution < -0.4 is 10.5 Å². The highest BCUT2D eigenvalue weighted by Gasteiger charge is 2.15. The lowest BCUT2D eigenvalue weighted by molar-refractivity contribution is -0.385. The predicted molar refractivity (Wildman–Crippen MR) is 66.3 cm³/mol. The first kappa shape index (κ1) is 13.4. The highest BCUT2D eigenvalue weighted by atomic mass is 16.6. The summed E-state index contributed by atoms with van der Waals surface area (Å²) in [4.78, 5) is 10.5. The van der Waals surface area contributed by atoms with E-state index in [1.807, 2.05) is 13.0 Å². The summed E-state index contributed by atoms with van der Waals surface area (Å²) in [5.41, 5.74) is 6.31. The van der Waals surface area contributed by atoms with Crippen molar-refractivity contribution in [2.45, 2.75) is 26.2 Å². The van der Waals surface area contributed by atoms with E-state index in [1.54, 1.807) is 6.07 Å². The van der Waals surface area contributed by atoms with Crippen molar-refractivity contribution in [3.8, 4) is 5.75 Å². The van der Waals surface area contributed by atoms with Gasteiger partial charge >= 0.3 is 5.69 Å². The number of nitrogens with two attached hydrogens (primary N) is 1. The lowest BCUT2D eigenvalue weighted by Gasteiger charge is -2.07. The zero-order chi connectivity index (χ0) is 12.7. The van der Waals surface area contributed by atoms with E-state index in [-0.39, 0.29) is 5.69 Å². The maximum absolute atomic E-state index is 10.9. The first-order chi connectivity index (χ1) is 8.19. The minimum absolute atomic E-state index is 0.0204. The van der Waals surface area contributed by atoms with E-state index in [4.69, 9.17) is 10.5 Å². The Labute approximate surface area is 101 Å². The minimum Gasteiger partial charge on any atom is -0.487 e. The molecule has 0 aliphatic rings. The quantitative estimate of drug-likeness (QED) is 0.449. The topological polar surface area (TPSA) is 78.4 Å². The molecule has 0 aliphatic carbocycles. The minimum atomic E-state index is -0.415. The van der Waals surface area contributed by atoms with Gasteiger partial charge in [0.1, 0.15) is 0 Å². The van der Waals surface area contributed by atoms with Crippen molar-refractivity contribution < 1.29 is 9.66 Å². The Balaban J connectivity index is 2.84. The van der Waals surface area contributed by atoms with Crippen LogP contribution in [0.4, 0.5) is 5.69 Å². The number of hydrogen-bond donors (Lipinski definition) is 1. The van der Waals surface area contributed by atoms with Crippen molar-refractivity contribution in [2.75, 3.05) is 13.2 Å². The van der Waals surface area contributed by atoms with E-state index in [1.165, 1.54) is 6.07 Å². The fourth-order valence-corrected chi connectivity index (χ4v) is 1.48. The summed E-state index contributed by atoms with van der Waals surface area (Å²) in [5.74, 6) is 0.337. The van der Waals surface area contributed by atoms with Crippen molar-refractivity contribution in [3.05, 3.63) is 33.9 Å². The first-order valence-corrected chi connectivity index (χ1v) is 5.79. The van der Waals surface area contributed by atoms with Gasteiger partial charge in [-0.3, -0.25) is 10.1 Å². The van der Waals surface area contributed by atoms with Crippen LogP contribution in [0.15, 0.2) is 18.2 Å². The molecule has 5 heteroatoms. The molecule has 0 heterocycles. The molecule has 1 rings (SSSR count). The molecule has 0 atom stereocenters. The van der Waals surface area contributed by atoms with Gasteiger partial charge < -0.3 is 10.5 Å². The van der Waals surface area contributed by atoms with Gasteiger partial charge in [-0.1, -0.05) is 19.4 Å². The molecular formula is C12H18N2O3. The lowest BCUT2D eigenvalue weighted by atomic mass is 10.1. The van der Waals surface area contributed by atoms with Crippen LogP contribution in [-0.2, 0) is 6.42 Å². The molecule has 0 aromatic heterocycles. The Morgan fingerprint density at radius 2 is 2.24 bits per heavy atom. The number of nitro groups is 1. The van der Waals surface area contributed by atoms with E-state index >= 15 is 0 Å². The number of ether oxygens (including phenoxy) is 1. The molecule has 0 radical (unpaired) electrons. The third-order valence-corrected chi connectivity index (χ3v) is 2.41. The van der Waals surface area contributed by atoms with Gasteiger partial charge in [-0.05, 0) is 31.0 Å². The molecule has 0 amide bonds. The number of benzene rings is 1. The van der Waals surface area contributed by atoms with Gasteiger partial charge in [-0.25, -0.2) is 0 Å². The average molecular weight is 238 g/mol. The van der Waals surface area contributed by atoms with E-state index in [9.17, 15) is 10.1 Å². The summed E-state index contributed by atoms with van der Waals surface area (Å²) >= 11 is 0. The Morgan fingerprint density at radius 1 is 1.47 bits per heavy atom. The van der Waals surface area contributed by atoms with Crippen molar-refractivity contribution in [1.82, 2.24) is 0 Å². The summed E-state index contributed by atoms with van der Waals surface area (Å²) in [7, 11) is 0. The predicted octanol–water partition coefficient (Wildman–Crippen LogP) is 2.27. The van der Waals surface area contributed by atoms with E-state index < -0.39 is 4.92 Å². The number of hydrogen-bond acceptors (Lipinski definition) is 4. The van der Waals surface area contributed by atoms with Gasteiger partial charge in [0.15, 0.2) is 5.75 Å². The van der Waals surface area contributed by atoms with Gasteiger partial charge in [0, 0.05) is 6.07 Å². The average Bonchev–Trinajstić information content (AvgIpc) is 2.31. The van der Waals surface area contributed by atoms with Gasteiger partial charge in [-0.2, -0.15) is 0 Å². The van der Waals surface area contributed by atoms with Crippen LogP contribution in [0.5, 0.6) is 5.75 Å². The summed E-state index contributed by atoms with van der Waals surface area (Å²) in [5, 5.41) is 10.9. The molecule has 1 aromatic rings. The van der Waals surface area contributed by atoms with Crippen LogP contribution in [0.3, 0.4) is 0 Å². The van der Waals surface area contributed by atoms with Gasteiger partial charge in [0.2, 0.25) is 0 Å². The summed E-state index contributed by atoms with van der Waals surface area (Å²) in [6, 6.07) is 5.01. The van der Waals surface area contributed by atoms with Crippen molar-refractivity contribution in [2.24, 2.45) is 5.73 Å². The molecular weight excluding hydrogens is 220 g/mol. The maximum Gasteiger partial charge on any atom is 0.311 e. The van der Waals surface area contributed by atoms with Crippen LogP contribution in [0.1, 0.15) is 25.3 Å². The Morgan fingerprint density at radius 3 is 2.82 bits per heavy atom. The van der Waals surface area contributed by atoms with Crippen LogP contribution in [0, 0.1) is 10.1 Å². The second-order valence-corrected chi connectivity index (χ2v) is 3.80. The Kier molecular flexibility index (Phi) is 5.42. The van der Waals surface area contributed by atoms with E-state index in [2.05, 4.69) is 0 Å². The molecule has 0 aliphatic heterocycles. The Bertz CT molecular complexity index is 380. The van der Waals surface area contributed by atoms with Crippen LogP contribution in [0.2, 0.25) is 0 Å². The van der Waals surface area contributed by atoms with E-state index in [0.717, 1.165) is 18.4 Å². The normalized spacial score (nSPS) is 10.2. The van der Waals surface area contributed by atoms with Gasteiger partial charge in [-0.15, -0.1) is 0 Å². The second-order valence-electron chi connectivity index (χ2n) is 3.80. The highest BCUT2D eigenvalue weighted by Crippen LogP contribution is 2.28. The molecule has 0 unspecified atom stereocenters. The smallest absolute Gasteiger partial charge is 0.311 e. The number of nitro benzene ring substituents is 1. The molecule has 2 N–H and O–H groups in total. The van der Waals surface area contributed by atoms with Crippen molar-refractivity contribution in [3.63, 3.8) is 0 Å². The summed E-state index contributed by atoms with van der Waals surface area (Å²) in [6.45, 7) is 3.03. The Hall–Kier alpha value is -1.62. The molecule has 17 heavy (non-hydrogen) atoms.